The van der Waals surface area contributed by atoms with Gasteiger partial charge in [-0.2, -0.15) is 0 Å². The zero-order chi connectivity index (χ0) is 36.1. The summed E-state index contributed by atoms with van der Waals surface area (Å²) in [5, 5.41) is 0. The lowest BCUT2D eigenvalue weighted by atomic mass is 9.84. The van der Waals surface area contributed by atoms with Crippen LogP contribution in [0.4, 0.5) is 0 Å². The molecule has 4 nitrogen and oxygen atoms in total. The van der Waals surface area contributed by atoms with Crippen molar-refractivity contribution in [1.29, 1.82) is 0 Å². The topological polar surface area (TPSA) is 51.6 Å². The Bertz CT molecular complexity index is 2250. The van der Waals surface area contributed by atoms with Crippen LogP contribution in [0.5, 0.6) is 0 Å². The molecule has 4 heterocycles. The van der Waals surface area contributed by atoms with Crippen molar-refractivity contribution < 1.29 is 0 Å². The van der Waals surface area contributed by atoms with Crippen LogP contribution in [0.15, 0.2) is 207 Å². The van der Waals surface area contributed by atoms with Gasteiger partial charge in [0.05, 0.1) is 11.4 Å². The molecule has 9 rings (SSSR count). The second kappa shape index (κ2) is 14.7. The average Bonchev–Trinajstić information content (AvgIpc) is 3.27. The van der Waals surface area contributed by atoms with E-state index in [1.807, 2.05) is 97.8 Å². The van der Waals surface area contributed by atoms with Crippen LogP contribution in [0.25, 0.3) is 89.3 Å². The molecule has 0 fully saturated rings. The van der Waals surface area contributed by atoms with Crippen LogP contribution in [0.3, 0.4) is 0 Å². The van der Waals surface area contributed by atoms with Crippen LogP contribution < -0.4 is 0 Å². The van der Waals surface area contributed by atoms with Crippen molar-refractivity contribution in [1.82, 2.24) is 19.9 Å². The van der Waals surface area contributed by atoms with Crippen molar-refractivity contribution in [3.8, 4) is 89.3 Å². The maximum atomic E-state index is 4.59. The lowest BCUT2D eigenvalue weighted by Gasteiger charge is -2.19. The molecule has 0 aliphatic carbocycles. The molecule has 0 amide bonds. The minimum absolute atomic E-state index is 0.954. The molecule has 0 radical (unpaired) electrons. The molecule has 4 heteroatoms. The van der Waals surface area contributed by atoms with E-state index in [-0.39, 0.29) is 0 Å². The first-order chi connectivity index (χ1) is 26.8. The van der Waals surface area contributed by atoms with Crippen molar-refractivity contribution >= 4 is 0 Å². The molecular weight excluding hydrogens is 657 g/mol. The summed E-state index contributed by atoms with van der Waals surface area (Å²) in [6.07, 6.45) is 11.0. The van der Waals surface area contributed by atoms with Gasteiger partial charge in [0.25, 0.3) is 0 Å². The summed E-state index contributed by atoms with van der Waals surface area (Å²) < 4.78 is 0. The molecule has 54 heavy (non-hydrogen) atoms. The third-order valence-electron chi connectivity index (χ3n) is 9.89. The van der Waals surface area contributed by atoms with Gasteiger partial charge in [0.1, 0.15) is 0 Å². The normalized spacial score (nSPS) is 11.0. The van der Waals surface area contributed by atoms with E-state index in [1.54, 1.807) is 0 Å². The summed E-state index contributed by atoms with van der Waals surface area (Å²) in [6, 6.07) is 60.2. The number of pyridine rings is 4. The largest absolute Gasteiger partial charge is 0.265 e. The molecule has 0 atom stereocenters. The summed E-state index contributed by atoms with van der Waals surface area (Å²) in [5.74, 6) is 0. The van der Waals surface area contributed by atoms with Gasteiger partial charge < -0.3 is 0 Å². The Morgan fingerprint density at radius 2 is 0.500 bits per heavy atom. The van der Waals surface area contributed by atoms with Gasteiger partial charge >= 0.3 is 0 Å². The molecule has 0 aliphatic heterocycles. The first kappa shape index (κ1) is 32.6. The predicted octanol–water partition coefficient (Wildman–Crippen LogP) is 12.6. The van der Waals surface area contributed by atoms with E-state index in [9.17, 15) is 0 Å². The first-order valence-electron chi connectivity index (χ1n) is 18.0. The minimum atomic E-state index is 0.954. The van der Waals surface area contributed by atoms with Gasteiger partial charge in [-0.15, -0.1) is 0 Å². The fourth-order valence-electron chi connectivity index (χ4n) is 7.04. The van der Waals surface area contributed by atoms with E-state index in [2.05, 4.69) is 129 Å². The quantitative estimate of drug-likeness (QED) is 0.159. The van der Waals surface area contributed by atoms with E-state index in [4.69, 9.17) is 0 Å². The molecule has 0 unspecified atom stereocenters. The van der Waals surface area contributed by atoms with E-state index < -0.39 is 0 Å². The monoisotopic (exact) mass is 690 g/mol. The molecular formula is C50H34N4. The predicted molar refractivity (Wildman–Crippen MR) is 221 cm³/mol. The lowest BCUT2D eigenvalue weighted by Crippen LogP contribution is -1.93. The van der Waals surface area contributed by atoms with Crippen molar-refractivity contribution in [2.24, 2.45) is 0 Å². The number of aromatic nitrogens is 4. The molecule has 0 aliphatic rings. The van der Waals surface area contributed by atoms with Crippen LogP contribution in [0.2, 0.25) is 0 Å². The lowest BCUT2D eigenvalue weighted by molar-refractivity contribution is 1.33. The van der Waals surface area contributed by atoms with Gasteiger partial charge in [-0.1, -0.05) is 109 Å². The Hall–Kier alpha value is -7.30. The Kier molecular flexibility index (Phi) is 8.90. The molecule has 0 bridgehead atoms. The summed E-state index contributed by atoms with van der Waals surface area (Å²) >= 11 is 0. The molecule has 0 saturated heterocycles. The van der Waals surface area contributed by atoms with Crippen LogP contribution in [0.1, 0.15) is 0 Å². The highest BCUT2D eigenvalue weighted by Gasteiger charge is 2.17. The van der Waals surface area contributed by atoms with Gasteiger partial charge in [-0.25, -0.2) is 0 Å². The van der Waals surface area contributed by atoms with Crippen LogP contribution in [-0.2, 0) is 0 Å². The third-order valence-corrected chi connectivity index (χ3v) is 9.89. The summed E-state index contributed by atoms with van der Waals surface area (Å²) in [5.41, 5.74) is 17.8. The standard InChI is InChI=1S/C50H34N4/c1-3-27-53-49(5-1)43-19-15-41(16-20-43)47-34-48(42-17-21-44(22-18-42)50-6-2-4-28-54-50)46(40-13-9-36(10-14-40)38-25-31-52-32-26-38)33-45(47)39-11-7-35(8-12-39)37-23-29-51-30-24-37/h1-34H. The second-order valence-corrected chi connectivity index (χ2v) is 13.2. The highest BCUT2D eigenvalue weighted by molar-refractivity contribution is 5.96. The highest BCUT2D eigenvalue weighted by atomic mass is 14.7. The number of hydrogen-bond acceptors (Lipinski definition) is 4. The van der Waals surface area contributed by atoms with E-state index in [0.29, 0.717) is 0 Å². The smallest absolute Gasteiger partial charge is 0.0701 e. The maximum absolute atomic E-state index is 4.59. The zero-order valence-corrected chi connectivity index (χ0v) is 29.4. The highest BCUT2D eigenvalue weighted by Crippen LogP contribution is 2.43. The van der Waals surface area contributed by atoms with E-state index >= 15 is 0 Å². The summed E-state index contributed by atoms with van der Waals surface area (Å²) in [6.45, 7) is 0. The second-order valence-electron chi connectivity index (χ2n) is 13.2. The number of nitrogens with zero attached hydrogens (tertiary/aromatic N) is 4. The van der Waals surface area contributed by atoms with Crippen molar-refractivity contribution in [3.05, 3.63) is 207 Å². The molecule has 0 spiro atoms. The molecule has 254 valence electrons. The summed E-state index contributed by atoms with van der Waals surface area (Å²) in [4.78, 5) is 17.6. The Morgan fingerprint density at radius 1 is 0.222 bits per heavy atom. The molecule has 0 saturated carbocycles. The van der Waals surface area contributed by atoms with E-state index in [0.717, 1.165) is 89.3 Å². The van der Waals surface area contributed by atoms with Crippen molar-refractivity contribution in [3.63, 3.8) is 0 Å². The molecule has 9 aromatic rings. The Morgan fingerprint density at radius 3 is 0.796 bits per heavy atom. The summed E-state index contributed by atoms with van der Waals surface area (Å²) in [7, 11) is 0. The SMILES string of the molecule is c1ccc(-c2ccc(-c3cc(-c4ccc(-c5ccccn5)cc4)c(-c4ccc(-c5ccncc5)cc4)cc3-c3ccc(-c4ccncc4)cc3)cc2)nc1. The number of rotatable bonds is 8. The van der Waals surface area contributed by atoms with E-state index in [1.165, 1.54) is 0 Å². The van der Waals surface area contributed by atoms with Gasteiger partial charge in [-0.05, 0) is 127 Å². The van der Waals surface area contributed by atoms with Crippen molar-refractivity contribution in [2.75, 3.05) is 0 Å². The number of benzene rings is 5. The average molecular weight is 691 g/mol. The van der Waals surface area contributed by atoms with Crippen molar-refractivity contribution in [2.45, 2.75) is 0 Å². The number of hydrogen-bond donors (Lipinski definition) is 0. The van der Waals surface area contributed by atoms with Gasteiger partial charge in [0.2, 0.25) is 0 Å². The Balaban J connectivity index is 1.23. The fraction of sp³-hybridized carbons (Fsp3) is 0. The molecule has 0 N–H and O–H groups in total. The molecule has 5 aromatic carbocycles. The third kappa shape index (κ3) is 6.72. The van der Waals surface area contributed by atoms with Gasteiger partial charge in [0.15, 0.2) is 0 Å². The van der Waals surface area contributed by atoms with Crippen LogP contribution in [-0.4, -0.2) is 19.9 Å². The first-order valence-corrected chi connectivity index (χ1v) is 18.0. The van der Waals surface area contributed by atoms with Gasteiger partial charge in [-0.3, -0.25) is 19.9 Å². The molecule has 4 aromatic heterocycles. The fourth-order valence-corrected chi connectivity index (χ4v) is 7.04. The maximum Gasteiger partial charge on any atom is 0.0701 e. The van der Waals surface area contributed by atoms with Crippen LogP contribution in [0, 0.1) is 0 Å². The van der Waals surface area contributed by atoms with Gasteiger partial charge in [0, 0.05) is 48.3 Å². The minimum Gasteiger partial charge on any atom is -0.265 e. The van der Waals surface area contributed by atoms with Crippen LogP contribution >= 0.6 is 0 Å². The zero-order valence-electron chi connectivity index (χ0n) is 29.4. The Labute approximate surface area is 315 Å².